The Kier molecular flexibility index (Phi) is 9.90. The van der Waals surface area contributed by atoms with E-state index in [1.807, 2.05) is 30.0 Å². The van der Waals surface area contributed by atoms with Crippen molar-refractivity contribution < 1.29 is 18.0 Å². The Bertz CT molecular complexity index is 749. The molecule has 31 heavy (non-hydrogen) atoms. The lowest BCUT2D eigenvalue weighted by atomic mass is 9.85. The molecule has 1 aliphatic carbocycles. The van der Waals surface area contributed by atoms with Gasteiger partial charge in [0.15, 0.2) is 5.96 Å². The van der Waals surface area contributed by atoms with Crippen molar-refractivity contribution in [2.45, 2.75) is 70.8 Å². The summed E-state index contributed by atoms with van der Waals surface area (Å²) in [4.78, 5) is 18.3. The number of nitrogens with zero attached hydrogens (tertiary/aromatic N) is 2. The molecule has 1 saturated heterocycles. The second-order valence-corrected chi connectivity index (χ2v) is 8.17. The molecule has 1 heterocycles. The molecule has 2 N–H and O–H groups in total. The molecule has 2 fully saturated rings. The van der Waals surface area contributed by atoms with Gasteiger partial charge in [0, 0.05) is 32.1 Å². The third kappa shape index (κ3) is 7.84. The van der Waals surface area contributed by atoms with Crippen molar-refractivity contribution in [1.82, 2.24) is 15.5 Å². The van der Waals surface area contributed by atoms with Crippen LogP contribution in [0.15, 0.2) is 29.3 Å². The van der Waals surface area contributed by atoms with Gasteiger partial charge in [0.05, 0.1) is 12.5 Å². The highest BCUT2D eigenvalue weighted by Crippen LogP contribution is 2.37. The summed E-state index contributed by atoms with van der Waals surface area (Å²) >= 11 is 0. The number of amides is 1. The summed E-state index contributed by atoms with van der Waals surface area (Å²) in [6, 6.07) is 8.05. The molecule has 0 aromatic heterocycles. The summed E-state index contributed by atoms with van der Waals surface area (Å²) < 4.78 is 38.6. The van der Waals surface area contributed by atoms with E-state index in [0.29, 0.717) is 44.9 Å². The quantitative estimate of drug-likeness (QED) is 0.308. The summed E-state index contributed by atoms with van der Waals surface area (Å²) in [6.45, 7) is 4.55. The van der Waals surface area contributed by atoms with Crippen LogP contribution in [-0.2, 0) is 17.9 Å². The number of hydrogen-bond acceptors (Lipinski definition) is 2. The van der Waals surface area contributed by atoms with Gasteiger partial charge in [-0.3, -0.25) is 4.79 Å². The molecule has 1 aliphatic heterocycles. The Labute approximate surface area is 199 Å². The molecule has 0 unspecified atom stereocenters. The Balaban J connectivity index is 0.00000341. The van der Waals surface area contributed by atoms with E-state index in [9.17, 15) is 18.0 Å². The number of likely N-dealkylation sites (tertiary alicyclic amines) is 1. The summed E-state index contributed by atoms with van der Waals surface area (Å²) in [5, 5.41) is 6.48. The lowest BCUT2D eigenvalue weighted by Gasteiger charge is -2.31. The van der Waals surface area contributed by atoms with Crippen molar-refractivity contribution in [1.29, 1.82) is 0 Å². The largest absolute Gasteiger partial charge is 0.391 e. The van der Waals surface area contributed by atoms with Crippen LogP contribution in [0, 0.1) is 5.92 Å². The standard InChI is InChI=1S/C22H31F3N4O.HI/c1-2-26-21(28-19-10-8-18(9-11-19)22(23,24)25)27-14-16-5-3-6-17(13-16)15-29-12-4-7-20(29)30;/h3,5-6,13,18-19H,2,4,7-12,14-15H2,1H3,(H2,26,27,28);1H. The second-order valence-electron chi connectivity index (χ2n) is 8.17. The first-order chi connectivity index (χ1) is 14.3. The van der Waals surface area contributed by atoms with E-state index < -0.39 is 12.1 Å². The molecule has 1 aromatic carbocycles. The number of alkyl halides is 3. The summed E-state index contributed by atoms with van der Waals surface area (Å²) in [5.74, 6) is -0.342. The van der Waals surface area contributed by atoms with Crippen LogP contribution in [0.25, 0.3) is 0 Å². The highest BCUT2D eigenvalue weighted by molar-refractivity contribution is 14.0. The number of carbonyl (C=O) groups excluding carboxylic acids is 1. The van der Waals surface area contributed by atoms with Crippen LogP contribution in [-0.4, -0.2) is 42.1 Å². The molecule has 174 valence electrons. The van der Waals surface area contributed by atoms with E-state index >= 15 is 0 Å². The van der Waals surface area contributed by atoms with Gasteiger partial charge in [-0.05, 0) is 50.2 Å². The zero-order chi connectivity index (χ0) is 21.6. The fraction of sp³-hybridized carbons (Fsp3) is 0.636. The van der Waals surface area contributed by atoms with Gasteiger partial charge in [0.2, 0.25) is 5.91 Å². The normalized spacial score (nSPS) is 22.3. The number of nitrogens with one attached hydrogen (secondary N) is 2. The van der Waals surface area contributed by atoms with Crippen LogP contribution in [0.4, 0.5) is 13.2 Å². The van der Waals surface area contributed by atoms with Crippen molar-refractivity contribution in [3.05, 3.63) is 35.4 Å². The van der Waals surface area contributed by atoms with Crippen LogP contribution >= 0.6 is 24.0 Å². The Hall–Kier alpha value is -1.52. The van der Waals surface area contributed by atoms with E-state index in [1.54, 1.807) is 0 Å². The minimum absolute atomic E-state index is 0. The summed E-state index contributed by atoms with van der Waals surface area (Å²) in [7, 11) is 0. The maximum atomic E-state index is 12.9. The van der Waals surface area contributed by atoms with Gasteiger partial charge >= 0.3 is 6.18 Å². The maximum Gasteiger partial charge on any atom is 0.391 e. The van der Waals surface area contributed by atoms with Crippen LogP contribution in [0.3, 0.4) is 0 Å². The fourth-order valence-corrected chi connectivity index (χ4v) is 4.17. The molecular weight excluding hydrogens is 520 g/mol. The number of aliphatic imine (C=N–C) groups is 1. The predicted molar refractivity (Wildman–Crippen MR) is 126 cm³/mol. The molecule has 0 atom stereocenters. The predicted octanol–water partition coefficient (Wildman–Crippen LogP) is 4.60. The van der Waals surface area contributed by atoms with Crippen molar-refractivity contribution in [3.8, 4) is 0 Å². The molecular formula is C22H32F3IN4O. The van der Waals surface area contributed by atoms with Crippen molar-refractivity contribution in [2.24, 2.45) is 10.9 Å². The summed E-state index contributed by atoms with van der Waals surface area (Å²) in [5.41, 5.74) is 2.12. The molecule has 5 nitrogen and oxygen atoms in total. The average molecular weight is 552 g/mol. The van der Waals surface area contributed by atoms with Gasteiger partial charge in [-0.15, -0.1) is 24.0 Å². The topological polar surface area (TPSA) is 56.7 Å². The van der Waals surface area contributed by atoms with E-state index in [0.717, 1.165) is 24.1 Å². The first-order valence-electron chi connectivity index (χ1n) is 10.8. The Morgan fingerprint density at radius 3 is 2.52 bits per heavy atom. The zero-order valence-electron chi connectivity index (χ0n) is 17.9. The highest BCUT2D eigenvalue weighted by Gasteiger charge is 2.41. The number of hydrogen-bond donors (Lipinski definition) is 2. The van der Waals surface area contributed by atoms with Crippen LogP contribution < -0.4 is 10.6 Å². The lowest BCUT2D eigenvalue weighted by Crippen LogP contribution is -2.45. The highest BCUT2D eigenvalue weighted by atomic mass is 127. The van der Waals surface area contributed by atoms with E-state index in [2.05, 4.69) is 21.7 Å². The minimum atomic E-state index is -4.09. The first kappa shape index (κ1) is 25.7. The molecule has 0 bridgehead atoms. The van der Waals surface area contributed by atoms with Crippen LogP contribution in [0.5, 0.6) is 0 Å². The second kappa shape index (κ2) is 11.9. The van der Waals surface area contributed by atoms with E-state index in [-0.39, 0.29) is 48.8 Å². The van der Waals surface area contributed by atoms with Gasteiger partial charge in [-0.25, -0.2) is 4.99 Å². The van der Waals surface area contributed by atoms with Gasteiger partial charge in [0.1, 0.15) is 0 Å². The molecule has 1 amide bonds. The minimum Gasteiger partial charge on any atom is -0.357 e. The molecule has 3 rings (SSSR count). The lowest BCUT2D eigenvalue weighted by molar-refractivity contribution is -0.182. The Morgan fingerprint density at radius 1 is 1.19 bits per heavy atom. The fourth-order valence-electron chi connectivity index (χ4n) is 4.17. The van der Waals surface area contributed by atoms with Crippen LogP contribution in [0.1, 0.15) is 56.6 Å². The molecule has 0 radical (unpaired) electrons. The SMILES string of the molecule is CCNC(=NCc1cccc(CN2CCCC2=O)c1)NC1CCC(C(F)(F)F)CC1.I. The monoisotopic (exact) mass is 552 g/mol. The number of guanidine groups is 1. The number of carbonyl (C=O) groups is 1. The van der Waals surface area contributed by atoms with Gasteiger partial charge in [-0.1, -0.05) is 24.3 Å². The van der Waals surface area contributed by atoms with E-state index in [4.69, 9.17) is 0 Å². The number of rotatable bonds is 6. The average Bonchev–Trinajstić information content (AvgIpc) is 3.11. The Morgan fingerprint density at radius 2 is 1.90 bits per heavy atom. The van der Waals surface area contributed by atoms with Gasteiger partial charge in [-0.2, -0.15) is 13.2 Å². The molecule has 9 heteroatoms. The van der Waals surface area contributed by atoms with Gasteiger partial charge < -0.3 is 15.5 Å². The van der Waals surface area contributed by atoms with Crippen molar-refractivity contribution in [2.75, 3.05) is 13.1 Å². The molecule has 2 aliphatic rings. The zero-order valence-corrected chi connectivity index (χ0v) is 20.2. The van der Waals surface area contributed by atoms with Crippen molar-refractivity contribution in [3.63, 3.8) is 0 Å². The third-order valence-electron chi connectivity index (χ3n) is 5.83. The molecule has 0 spiro atoms. The smallest absolute Gasteiger partial charge is 0.357 e. The first-order valence-corrected chi connectivity index (χ1v) is 10.8. The summed E-state index contributed by atoms with van der Waals surface area (Å²) in [6.07, 6.45) is -1.22. The third-order valence-corrected chi connectivity index (χ3v) is 5.83. The van der Waals surface area contributed by atoms with Crippen molar-refractivity contribution >= 4 is 35.8 Å². The number of benzene rings is 1. The molecule has 1 saturated carbocycles. The van der Waals surface area contributed by atoms with Crippen LogP contribution in [0.2, 0.25) is 0 Å². The molecule has 1 aromatic rings. The van der Waals surface area contributed by atoms with Gasteiger partial charge in [0.25, 0.3) is 0 Å². The van der Waals surface area contributed by atoms with E-state index in [1.165, 1.54) is 0 Å². The number of halogens is 4. The maximum absolute atomic E-state index is 12.9.